The Balaban J connectivity index is 1.77. The molecule has 1 aromatic rings. The van der Waals surface area contributed by atoms with Crippen LogP contribution in [0.15, 0.2) is 18.2 Å². The molecule has 102 valence electrons. The molecule has 5 nitrogen and oxygen atoms in total. The summed E-state index contributed by atoms with van der Waals surface area (Å²) in [6, 6.07) is 5.47. The Bertz CT molecular complexity index is 490. The zero-order valence-electron chi connectivity index (χ0n) is 11.0. The molecule has 1 amide bonds. The van der Waals surface area contributed by atoms with Crippen molar-refractivity contribution in [2.75, 3.05) is 33.5 Å². The molecule has 1 aromatic carbocycles. The lowest BCUT2D eigenvalue weighted by atomic mass is 10.1. The van der Waals surface area contributed by atoms with Crippen LogP contribution in [0.3, 0.4) is 0 Å². The number of likely N-dealkylation sites (tertiary alicyclic amines) is 1. The maximum Gasteiger partial charge on any atom is 0.257 e. The second-order valence-corrected chi connectivity index (χ2v) is 5.00. The van der Waals surface area contributed by atoms with Crippen LogP contribution in [0, 0.1) is 5.92 Å². The predicted octanol–water partition coefficient (Wildman–Crippen LogP) is 1.10. The quantitative estimate of drug-likeness (QED) is 0.886. The highest BCUT2D eigenvalue weighted by Crippen LogP contribution is 2.36. The summed E-state index contributed by atoms with van der Waals surface area (Å²) < 4.78 is 10.7. The summed E-state index contributed by atoms with van der Waals surface area (Å²) in [5.74, 6) is 1.84. The fourth-order valence-electron chi connectivity index (χ4n) is 2.74. The molecule has 2 heterocycles. The number of ether oxygens (including phenoxy) is 2. The highest BCUT2D eigenvalue weighted by molar-refractivity contribution is 5.98. The zero-order chi connectivity index (χ0) is 13.2. The van der Waals surface area contributed by atoms with Gasteiger partial charge in [0.25, 0.3) is 5.91 Å². The number of para-hydroxylation sites is 1. The summed E-state index contributed by atoms with van der Waals surface area (Å²) in [7, 11) is 1.94. The number of nitrogens with zero attached hydrogens (tertiary/aromatic N) is 1. The Labute approximate surface area is 112 Å². The molecule has 1 N–H and O–H groups in total. The molecule has 19 heavy (non-hydrogen) atoms. The molecule has 0 aromatic heterocycles. The van der Waals surface area contributed by atoms with Gasteiger partial charge in [-0.1, -0.05) is 6.07 Å². The topological polar surface area (TPSA) is 50.8 Å². The van der Waals surface area contributed by atoms with Crippen LogP contribution in [0.5, 0.6) is 11.5 Å². The number of fused-ring (bicyclic) bond motifs is 1. The highest BCUT2D eigenvalue weighted by atomic mass is 16.7. The van der Waals surface area contributed by atoms with E-state index in [2.05, 4.69) is 5.32 Å². The van der Waals surface area contributed by atoms with Crippen LogP contribution in [0.4, 0.5) is 0 Å². The number of hydrogen-bond acceptors (Lipinski definition) is 4. The van der Waals surface area contributed by atoms with Crippen LogP contribution in [-0.2, 0) is 0 Å². The van der Waals surface area contributed by atoms with Crippen LogP contribution in [0.25, 0.3) is 0 Å². The average molecular weight is 262 g/mol. The van der Waals surface area contributed by atoms with Crippen molar-refractivity contribution in [1.29, 1.82) is 0 Å². The summed E-state index contributed by atoms with van der Waals surface area (Å²) in [6.07, 6.45) is 1.05. The molecular weight excluding hydrogens is 244 g/mol. The number of amides is 1. The summed E-state index contributed by atoms with van der Waals surface area (Å²) >= 11 is 0. The van der Waals surface area contributed by atoms with Gasteiger partial charge in [0.15, 0.2) is 11.5 Å². The fourth-order valence-corrected chi connectivity index (χ4v) is 2.74. The number of benzene rings is 1. The van der Waals surface area contributed by atoms with Gasteiger partial charge in [-0.3, -0.25) is 4.79 Å². The monoisotopic (exact) mass is 262 g/mol. The third-order valence-corrected chi connectivity index (χ3v) is 3.69. The van der Waals surface area contributed by atoms with Crippen molar-refractivity contribution in [2.24, 2.45) is 5.92 Å². The molecule has 0 saturated carbocycles. The molecule has 2 aliphatic heterocycles. The molecule has 0 bridgehead atoms. The second-order valence-electron chi connectivity index (χ2n) is 5.00. The van der Waals surface area contributed by atoms with Crippen molar-refractivity contribution in [1.82, 2.24) is 10.2 Å². The molecule has 5 heteroatoms. The molecule has 0 spiro atoms. The van der Waals surface area contributed by atoms with Crippen molar-refractivity contribution in [3.63, 3.8) is 0 Å². The smallest absolute Gasteiger partial charge is 0.257 e. The number of carbonyl (C=O) groups is 1. The van der Waals surface area contributed by atoms with E-state index in [-0.39, 0.29) is 12.7 Å². The lowest BCUT2D eigenvalue weighted by molar-refractivity contribution is 0.0782. The van der Waals surface area contributed by atoms with Gasteiger partial charge in [-0.05, 0) is 38.1 Å². The maximum absolute atomic E-state index is 12.5. The first-order valence-corrected chi connectivity index (χ1v) is 6.62. The summed E-state index contributed by atoms with van der Waals surface area (Å²) in [5, 5.41) is 3.17. The van der Waals surface area contributed by atoms with E-state index < -0.39 is 0 Å². The van der Waals surface area contributed by atoms with Gasteiger partial charge in [-0.15, -0.1) is 0 Å². The van der Waals surface area contributed by atoms with Crippen molar-refractivity contribution in [2.45, 2.75) is 6.42 Å². The molecule has 0 unspecified atom stereocenters. The molecular formula is C14H18N2O3. The van der Waals surface area contributed by atoms with Crippen LogP contribution >= 0.6 is 0 Å². The molecule has 1 saturated heterocycles. The third-order valence-electron chi connectivity index (χ3n) is 3.69. The molecule has 1 fully saturated rings. The largest absolute Gasteiger partial charge is 0.454 e. The van der Waals surface area contributed by atoms with Crippen LogP contribution < -0.4 is 14.8 Å². The van der Waals surface area contributed by atoms with E-state index in [0.717, 1.165) is 26.1 Å². The van der Waals surface area contributed by atoms with E-state index in [4.69, 9.17) is 9.47 Å². The van der Waals surface area contributed by atoms with Gasteiger partial charge in [-0.25, -0.2) is 0 Å². The van der Waals surface area contributed by atoms with Gasteiger partial charge in [0.05, 0.1) is 5.56 Å². The Hall–Kier alpha value is -1.75. The first kappa shape index (κ1) is 12.3. The van der Waals surface area contributed by atoms with E-state index in [9.17, 15) is 4.79 Å². The fraction of sp³-hybridized carbons (Fsp3) is 0.500. The van der Waals surface area contributed by atoms with Crippen LogP contribution in [-0.4, -0.2) is 44.3 Å². The van der Waals surface area contributed by atoms with E-state index in [1.54, 1.807) is 6.07 Å². The maximum atomic E-state index is 12.5. The predicted molar refractivity (Wildman–Crippen MR) is 70.5 cm³/mol. The van der Waals surface area contributed by atoms with Gasteiger partial charge in [0.1, 0.15) is 0 Å². The minimum atomic E-state index is 0.0425. The number of rotatable bonds is 3. The number of carbonyl (C=O) groups excluding carboxylic acids is 1. The van der Waals surface area contributed by atoms with E-state index >= 15 is 0 Å². The van der Waals surface area contributed by atoms with Gasteiger partial charge >= 0.3 is 0 Å². The Morgan fingerprint density at radius 1 is 1.47 bits per heavy atom. The summed E-state index contributed by atoms with van der Waals surface area (Å²) in [4.78, 5) is 14.4. The lowest BCUT2D eigenvalue weighted by Gasteiger charge is -2.17. The first-order chi connectivity index (χ1) is 9.29. The van der Waals surface area contributed by atoms with Crippen molar-refractivity contribution >= 4 is 5.91 Å². The van der Waals surface area contributed by atoms with Gasteiger partial charge in [0, 0.05) is 13.1 Å². The molecule has 0 radical (unpaired) electrons. The van der Waals surface area contributed by atoms with Gasteiger partial charge in [0.2, 0.25) is 6.79 Å². The molecule has 0 aliphatic carbocycles. The first-order valence-electron chi connectivity index (χ1n) is 6.62. The SMILES string of the molecule is CNC[C@@H]1CCN(C(=O)c2cccc3c2OCO3)C1. The Morgan fingerprint density at radius 2 is 2.37 bits per heavy atom. The van der Waals surface area contributed by atoms with Crippen molar-refractivity contribution in [3.8, 4) is 11.5 Å². The Kier molecular flexibility index (Phi) is 3.29. The minimum absolute atomic E-state index is 0.0425. The summed E-state index contributed by atoms with van der Waals surface area (Å²) in [5.41, 5.74) is 0.611. The average Bonchev–Trinajstić information content (AvgIpc) is 3.06. The van der Waals surface area contributed by atoms with Crippen molar-refractivity contribution in [3.05, 3.63) is 23.8 Å². The van der Waals surface area contributed by atoms with Crippen LogP contribution in [0.1, 0.15) is 16.8 Å². The van der Waals surface area contributed by atoms with E-state index in [0.29, 0.717) is 23.0 Å². The van der Waals surface area contributed by atoms with Gasteiger partial charge in [-0.2, -0.15) is 0 Å². The van der Waals surface area contributed by atoms with E-state index in [1.807, 2.05) is 24.1 Å². The highest BCUT2D eigenvalue weighted by Gasteiger charge is 2.30. The zero-order valence-corrected chi connectivity index (χ0v) is 11.0. The molecule has 2 aliphatic rings. The van der Waals surface area contributed by atoms with E-state index in [1.165, 1.54) is 0 Å². The number of hydrogen-bond donors (Lipinski definition) is 1. The second kappa shape index (κ2) is 5.09. The Morgan fingerprint density at radius 3 is 3.21 bits per heavy atom. The molecule has 1 atom stereocenters. The number of nitrogens with one attached hydrogen (secondary N) is 1. The standard InChI is InChI=1S/C14H18N2O3/c1-15-7-10-5-6-16(8-10)14(17)11-3-2-4-12-13(11)19-9-18-12/h2-4,10,15H,5-9H2,1H3/t10-/m0/s1. The summed E-state index contributed by atoms with van der Waals surface area (Å²) in [6.45, 7) is 2.78. The third kappa shape index (κ3) is 2.26. The minimum Gasteiger partial charge on any atom is -0.454 e. The molecule has 3 rings (SSSR count). The van der Waals surface area contributed by atoms with Gasteiger partial charge < -0.3 is 19.7 Å². The van der Waals surface area contributed by atoms with Crippen LogP contribution in [0.2, 0.25) is 0 Å². The normalized spacial score (nSPS) is 20.9. The van der Waals surface area contributed by atoms with Crippen molar-refractivity contribution < 1.29 is 14.3 Å². The lowest BCUT2D eigenvalue weighted by Crippen LogP contribution is -2.30.